The Morgan fingerprint density at radius 1 is 0.906 bits per heavy atom. The molecule has 32 heavy (non-hydrogen) atoms. The highest BCUT2D eigenvalue weighted by Gasteiger charge is 2.23. The number of rotatable bonds is 8. The number of nitro groups is 1. The van der Waals surface area contributed by atoms with E-state index in [1.807, 2.05) is 18.2 Å². The molecule has 0 unspecified atom stereocenters. The summed E-state index contributed by atoms with van der Waals surface area (Å²) in [5.74, 6) is -0.888. The predicted octanol–water partition coefficient (Wildman–Crippen LogP) is 4.37. The van der Waals surface area contributed by atoms with E-state index in [0.29, 0.717) is 17.9 Å². The third kappa shape index (κ3) is 5.16. The number of ether oxygens (including phenoxy) is 2. The van der Waals surface area contributed by atoms with Gasteiger partial charge in [0.2, 0.25) is 0 Å². The Hall–Kier alpha value is -4.04. The summed E-state index contributed by atoms with van der Waals surface area (Å²) in [6.45, 7) is 0.542. The molecule has 0 bridgehead atoms. The van der Waals surface area contributed by atoms with Crippen molar-refractivity contribution in [3.05, 3.63) is 105 Å². The highest BCUT2D eigenvalue weighted by molar-refractivity contribution is 6.08. The van der Waals surface area contributed by atoms with Crippen LogP contribution in [0.5, 0.6) is 0 Å². The van der Waals surface area contributed by atoms with Crippen LogP contribution in [0.3, 0.4) is 0 Å². The van der Waals surface area contributed by atoms with Crippen LogP contribution in [0, 0.1) is 10.1 Å². The van der Waals surface area contributed by atoms with Crippen molar-refractivity contribution in [3.8, 4) is 0 Å². The molecule has 0 saturated carbocycles. The zero-order valence-electron chi connectivity index (χ0n) is 17.7. The first-order valence-corrected chi connectivity index (χ1v) is 9.76. The molecule has 0 saturated heterocycles. The Morgan fingerprint density at radius 3 is 2.19 bits per heavy atom. The molecule has 3 aromatic carbocycles. The Labute approximate surface area is 185 Å². The Morgan fingerprint density at radius 2 is 1.53 bits per heavy atom. The van der Waals surface area contributed by atoms with E-state index in [0.717, 1.165) is 11.1 Å². The van der Waals surface area contributed by atoms with Crippen molar-refractivity contribution in [1.82, 2.24) is 0 Å². The van der Waals surface area contributed by atoms with Gasteiger partial charge in [-0.2, -0.15) is 0 Å². The van der Waals surface area contributed by atoms with Crippen molar-refractivity contribution >= 4 is 23.3 Å². The quantitative estimate of drug-likeness (QED) is 0.296. The first-order valence-electron chi connectivity index (χ1n) is 9.76. The minimum absolute atomic E-state index is 0.0247. The largest absolute Gasteiger partial charge is 0.465 e. The average molecular weight is 434 g/mol. The number of nitro benzene ring substituents is 1. The molecular formula is C24H22N2O6. The van der Waals surface area contributed by atoms with Crippen LogP contribution in [0.1, 0.15) is 31.8 Å². The van der Waals surface area contributed by atoms with Gasteiger partial charge < -0.3 is 14.4 Å². The van der Waals surface area contributed by atoms with Gasteiger partial charge in [0.15, 0.2) is 0 Å². The van der Waals surface area contributed by atoms with Crippen LogP contribution in [-0.2, 0) is 22.7 Å². The molecule has 3 aromatic rings. The molecule has 8 heteroatoms. The number of benzene rings is 3. The number of esters is 1. The van der Waals surface area contributed by atoms with Gasteiger partial charge >= 0.3 is 5.97 Å². The molecule has 0 atom stereocenters. The molecule has 0 N–H and O–H groups in total. The SMILES string of the molecule is COC(=O)c1ccccc1COCc1ccc(N(C)C(=O)c2ccccc2[N+](=O)[O-])cc1. The smallest absolute Gasteiger partial charge is 0.338 e. The van der Waals surface area contributed by atoms with Crippen LogP contribution in [-0.4, -0.2) is 31.0 Å². The van der Waals surface area contributed by atoms with Crippen LogP contribution < -0.4 is 4.90 Å². The van der Waals surface area contributed by atoms with E-state index in [1.54, 1.807) is 43.4 Å². The number of nitrogens with zero attached hydrogens (tertiary/aromatic N) is 2. The van der Waals surface area contributed by atoms with E-state index in [2.05, 4.69) is 0 Å². The maximum Gasteiger partial charge on any atom is 0.338 e. The second-order valence-corrected chi connectivity index (χ2v) is 6.95. The maximum atomic E-state index is 12.8. The van der Waals surface area contributed by atoms with Crippen molar-refractivity contribution in [3.63, 3.8) is 0 Å². The molecule has 0 aromatic heterocycles. The van der Waals surface area contributed by atoms with Gasteiger partial charge in [0, 0.05) is 18.8 Å². The minimum atomic E-state index is -0.570. The topological polar surface area (TPSA) is 99.0 Å². The summed E-state index contributed by atoms with van der Waals surface area (Å²) in [5, 5.41) is 11.2. The lowest BCUT2D eigenvalue weighted by Crippen LogP contribution is -2.26. The number of carbonyl (C=O) groups excluding carboxylic acids is 2. The summed E-state index contributed by atoms with van der Waals surface area (Å²) in [6, 6.07) is 20.0. The number of hydrogen-bond donors (Lipinski definition) is 0. The zero-order chi connectivity index (χ0) is 23.1. The summed E-state index contributed by atoms with van der Waals surface area (Å²) in [5.41, 5.74) is 2.44. The lowest BCUT2D eigenvalue weighted by Gasteiger charge is -2.18. The van der Waals surface area contributed by atoms with E-state index in [-0.39, 0.29) is 17.9 Å². The number of methoxy groups -OCH3 is 1. The molecule has 0 fully saturated rings. The number of para-hydroxylation sites is 1. The van der Waals surface area contributed by atoms with Crippen LogP contribution in [0.4, 0.5) is 11.4 Å². The number of carbonyl (C=O) groups is 2. The summed E-state index contributed by atoms with van der Waals surface area (Å²) < 4.78 is 10.5. The molecule has 0 aliphatic carbocycles. The summed E-state index contributed by atoms with van der Waals surface area (Å²) in [7, 11) is 2.90. The first-order chi connectivity index (χ1) is 15.4. The Kier molecular flexibility index (Phi) is 7.30. The molecule has 8 nitrogen and oxygen atoms in total. The molecule has 0 radical (unpaired) electrons. The molecule has 0 aliphatic rings. The van der Waals surface area contributed by atoms with Gasteiger partial charge in [-0.1, -0.05) is 42.5 Å². The molecular weight excluding hydrogens is 412 g/mol. The van der Waals surface area contributed by atoms with Crippen molar-refractivity contribution < 1.29 is 24.0 Å². The van der Waals surface area contributed by atoms with Crippen LogP contribution in [0.25, 0.3) is 0 Å². The molecule has 3 rings (SSSR count). The fourth-order valence-electron chi connectivity index (χ4n) is 3.16. The lowest BCUT2D eigenvalue weighted by molar-refractivity contribution is -0.385. The molecule has 0 aliphatic heterocycles. The van der Waals surface area contributed by atoms with Gasteiger partial charge in [-0.05, 0) is 35.4 Å². The second-order valence-electron chi connectivity index (χ2n) is 6.95. The highest BCUT2D eigenvalue weighted by Crippen LogP contribution is 2.23. The van der Waals surface area contributed by atoms with E-state index in [4.69, 9.17) is 9.47 Å². The van der Waals surface area contributed by atoms with Gasteiger partial charge in [0.05, 0.1) is 30.8 Å². The van der Waals surface area contributed by atoms with E-state index < -0.39 is 16.8 Å². The van der Waals surface area contributed by atoms with E-state index in [9.17, 15) is 19.7 Å². The van der Waals surface area contributed by atoms with Gasteiger partial charge in [-0.3, -0.25) is 14.9 Å². The first kappa shape index (κ1) is 22.6. The number of hydrogen-bond acceptors (Lipinski definition) is 6. The molecule has 164 valence electrons. The van der Waals surface area contributed by atoms with Crippen LogP contribution in [0.15, 0.2) is 72.8 Å². The normalized spacial score (nSPS) is 10.4. The summed E-state index contributed by atoms with van der Waals surface area (Å²) in [4.78, 5) is 36.6. The number of anilines is 1. The summed E-state index contributed by atoms with van der Waals surface area (Å²) >= 11 is 0. The fraction of sp³-hybridized carbons (Fsp3) is 0.167. The minimum Gasteiger partial charge on any atom is -0.465 e. The maximum absolute atomic E-state index is 12.8. The average Bonchev–Trinajstić information content (AvgIpc) is 2.83. The van der Waals surface area contributed by atoms with Crippen molar-refractivity contribution in [2.24, 2.45) is 0 Å². The van der Waals surface area contributed by atoms with Crippen molar-refractivity contribution in [1.29, 1.82) is 0 Å². The van der Waals surface area contributed by atoms with Gasteiger partial charge in [0.1, 0.15) is 5.56 Å². The predicted molar refractivity (Wildman–Crippen MR) is 119 cm³/mol. The third-order valence-electron chi connectivity index (χ3n) is 4.91. The van der Waals surface area contributed by atoms with Crippen molar-refractivity contribution in [2.75, 3.05) is 19.1 Å². The lowest BCUT2D eigenvalue weighted by atomic mass is 10.1. The van der Waals surface area contributed by atoms with E-state index >= 15 is 0 Å². The van der Waals surface area contributed by atoms with Crippen LogP contribution in [0.2, 0.25) is 0 Å². The molecule has 0 spiro atoms. The molecule has 1 amide bonds. The molecule has 0 heterocycles. The standard InChI is InChI=1S/C24H22N2O6/c1-25(23(27)21-9-5-6-10-22(21)26(29)30)19-13-11-17(12-14-19)15-32-16-18-7-3-4-8-20(18)24(28)31-2/h3-14H,15-16H2,1-2H3. The Bertz CT molecular complexity index is 1130. The van der Waals surface area contributed by atoms with Gasteiger partial charge in [-0.25, -0.2) is 4.79 Å². The monoisotopic (exact) mass is 434 g/mol. The Balaban J connectivity index is 1.64. The van der Waals surface area contributed by atoms with Crippen LogP contribution >= 0.6 is 0 Å². The van der Waals surface area contributed by atoms with Crippen molar-refractivity contribution in [2.45, 2.75) is 13.2 Å². The van der Waals surface area contributed by atoms with E-state index in [1.165, 1.54) is 30.2 Å². The highest BCUT2D eigenvalue weighted by atomic mass is 16.6. The van der Waals surface area contributed by atoms with Gasteiger partial charge in [-0.15, -0.1) is 0 Å². The number of amides is 1. The zero-order valence-corrected chi connectivity index (χ0v) is 17.7. The summed E-state index contributed by atoms with van der Waals surface area (Å²) in [6.07, 6.45) is 0. The third-order valence-corrected chi connectivity index (χ3v) is 4.91. The van der Waals surface area contributed by atoms with Gasteiger partial charge in [0.25, 0.3) is 11.6 Å². The fourth-order valence-corrected chi connectivity index (χ4v) is 3.16. The second kappa shape index (κ2) is 10.3.